The molecule has 1 amide bonds. The molecule has 1 aliphatic carbocycles. The van der Waals surface area contributed by atoms with Gasteiger partial charge in [0.1, 0.15) is 6.07 Å². The Hall–Kier alpha value is -2.35. The molecule has 1 fully saturated rings. The highest BCUT2D eigenvalue weighted by molar-refractivity contribution is 5.96. The summed E-state index contributed by atoms with van der Waals surface area (Å²) in [7, 11) is 0. The highest BCUT2D eigenvalue weighted by Gasteiger charge is 2.20. The summed E-state index contributed by atoms with van der Waals surface area (Å²) in [6.45, 7) is 1.54. The molecule has 5 nitrogen and oxygen atoms in total. The van der Waals surface area contributed by atoms with E-state index in [0.717, 1.165) is 6.42 Å². The largest absolute Gasteiger partial charge is 0.453 e. The van der Waals surface area contributed by atoms with Gasteiger partial charge in [-0.15, -0.1) is 0 Å². The number of para-hydroxylation sites is 1. The second-order valence-electron chi connectivity index (χ2n) is 6.32. The SMILES string of the molecule is C[C@@H](OC(=O)CCC1CCCCC1)C(=O)Nc1ccccc1C#N. The predicted octanol–water partition coefficient (Wildman–Crippen LogP) is 3.79. The van der Waals surface area contributed by atoms with Crippen molar-refractivity contribution in [3.05, 3.63) is 29.8 Å². The number of nitrogens with one attached hydrogen (secondary N) is 1. The van der Waals surface area contributed by atoms with Crippen molar-refractivity contribution in [2.75, 3.05) is 5.32 Å². The number of amides is 1. The van der Waals surface area contributed by atoms with Crippen molar-refractivity contribution in [3.8, 4) is 6.07 Å². The first kappa shape index (κ1) is 18.0. The van der Waals surface area contributed by atoms with Crippen LogP contribution in [0.15, 0.2) is 24.3 Å². The molecular formula is C19H24N2O3. The first-order valence-corrected chi connectivity index (χ1v) is 8.59. The van der Waals surface area contributed by atoms with Gasteiger partial charge in [-0.2, -0.15) is 5.26 Å². The summed E-state index contributed by atoms with van der Waals surface area (Å²) < 4.78 is 5.22. The Kier molecular flexibility index (Phi) is 6.80. The standard InChI is InChI=1S/C19H24N2O3/c1-14(19(23)21-17-10-6-5-9-16(17)13-20)24-18(22)12-11-15-7-3-2-4-8-15/h5-6,9-10,14-15H,2-4,7-8,11-12H2,1H3,(H,21,23)/t14-/m1/s1. The fourth-order valence-electron chi connectivity index (χ4n) is 3.03. The molecule has 0 saturated heterocycles. The van der Waals surface area contributed by atoms with Crippen LogP contribution in [0.25, 0.3) is 0 Å². The number of esters is 1. The van der Waals surface area contributed by atoms with Gasteiger partial charge in [0.25, 0.3) is 5.91 Å². The summed E-state index contributed by atoms with van der Waals surface area (Å²) in [5.74, 6) is -0.154. The van der Waals surface area contributed by atoms with E-state index in [0.29, 0.717) is 23.6 Å². The second-order valence-corrected chi connectivity index (χ2v) is 6.32. The van der Waals surface area contributed by atoms with Crippen molar-refractivity contribution in [2.24, 2.45) is 5.92 Å². The van der Waals surface area contributed by atoms with Crippen molar-refractivity contribution in [1.29, 1.82) is 5.26 Å². The first-order valence-electron chi connectivity index (χ1n) is 8.59. The molecule has 0 radical (unpaired) electrons. The van der Waals surface area contributed by atoms with E-state index in [1.165, 1.54) is 32.1 Å². The minimum Gasteiger partial charge on any atom is -0.453 e. The van der Waals surface area contributed by atoms with Gasteiger partial charge in [0.15, 0.2) is 6.10 Å². The zero-order valence-corrected chi connectivity index (χ0v) is 14.1. The van der Waals surface area contributed by atoms with Gasteiger partial charge in [0.2, 0.25) is 0 Å². The van der Waals surface area contributed by atoms with Crippen molar-refractivity contribution >= 4 is 17.6 Å². The van der Waals surface area contributed by atoms with Gasteiger partial charge >= 0.3 is 5.97 Å². The van der Waals surface area contributed by atoms with Gasteiger partial charge < -0.3 is 10.1 Å². The van der Waals surface area contributed by atoms with Gasteiger partial charge in [-0.1, -0.05) is 44.2 Å². The molecule has 1 aromatic rings. The van der Waals surface area contributed by atoms with Gasteiger partial charge in [-0.05, 0) is 31.4 Å². The first-order chi connectivity index (χ1) is 11.6. The van der Waals surface area contributed by atoms with E-state index in [1.807, 2.05) is 6.07 Å². The molecule has 1 saturated carbocycles. The summed E-state index contributed by atoms with van der Waals surface area (Å²) in [6.07, 6.45) is 6.48. The maximum Gasteiger partial charge on any atom is 0.306 e. The van der Waals surface area contributed by atoms with E-state index in [-0.39, 0.29) is 5.97 Å². The zero-order chi connectivity index (χ0) is 17.4. The Bertz CT molecular complexity index is 615. The average Bonchev–Trinajstić information content (AvgIpc) is 2.61. The van der Waals surface area contributed by atoms with E-state index >= 15 is 0 Å². The lowest BCUT2D eigenvalue weighted by Crippen LogP contribution is -2.30. The van der Waals surface area contributed by atoms with Gasteiger partial charge in [0.05, 0.1) is 11.3 Å². The molecule has 5 heteroatoms. The summed E-state index contributed by atoms with van der Waals surface area (Å²) >= 11 is 0. The molecule has 0 unspecified atom stereocenters. The molecule has 1 atom stereocenters. The molecule has 1 aliphatic rings. The number of hydrogen-bond donors (Lipinski definition) is 1. The molecule has 1 N–H and O–H groups in total. The molecular weight excluding hydrogens is 304 g/mol. The number of ether oxygens (including phenoxy) is 1. The lowest BCUT2D eigenvalue weighted by Gasteiger charge is -2.21. The van der Waals surface area contributed by atoms with E-state index < -0.39 is 12.0 Å². The highest BCUT2D eigenvalue weighted by Crippen LogP contribution is 2.27. The Morgan fingerprint density at radius 2 is 2.00 bits per heavy atom. The lowest BCUT2D eigenvalue weighted by molar-refractivity contribution is -0.153. The Morgan fingerprint density at radius 3 is 2.71 bits per heavy atom. The molecule has 1 aromatic carbocycles. The quantitative estimate of drug-likeness (QED) is 0.806. The molecule has 128 valence electrons. The predicted molar refractivity (Wildman–Crippen MR) is 91.1 cm³/mol. The second kappa shape index (κ2) is 9.07. The van der Waals surface area contributed by atoms with E-state index in [9.17, 15) is 9.59 Å². The van der Waals surface area contributed by atoms with Crippen LogP contribution in [0.1, 0.15) is 57.4 Å². The van der Waals surface area contributed by atoms with Crippen LogP contribution in [0.3, 0.4) is 0 Å². The van der Waals surface area contributed by atoms with Crippen LogP contribution < -0.4 is 5.32 Å². The highest BCUT2D eigenvalue weighted by atomic mass is 16.5. The smallest absolute Gasteiger partial charge is 0.306 e. The average molecular weight is 328 g/mol. The number of anilines is 1. The number of rotatable bonds is 6. The molecule has 0 aliphatic heterocycles. The molecule has 24 heavy (non-hydrogen) atoms. The fraction of sp³-hybridized carbons (Fsp3) is 0.526. The number of nitriles is 1. The van der Waals surface area contributed by atoms with Gasteiger partial charge in [0, 0.05) is 6.42 Å². The number of hydrogen-bond acceptors (Lipinski definition) is 4. The summed E-state index contributed by atoms with van der Waals surface area (Å²) in [5, 5.41) is 11.7. The van der Waals surface area contributed by atoms with E-state index in [1.54, 1.807) is 31.2 Å². The normalized spacial score (nSPS) is 16.0. The monoisotopic (exact) mass is 328 g/mol. The molecule has 0 spiro atoms. The Balaban J connectivity index is 1.78. The van der Waals surface area contributed by atoms with Gasteiger partial charge in [-0.25, -0.2) is 0 Å². The Morgan fingerprint density at radius 1 is 1.29 bits per heavy atom. The molecule has 0 bridgehead atoms. The number of benzene rings is 1. The van der Waals surface area contributed by atoms with Crippen molar-refractivity contribution in [1.82, 2.24) is 0 Å². The topological polar surface area (TPSA) is 79.2 Å². The van der Waals surface area contributed by atoms with E-state index in [2.05, 4.69) is 5.32 Å². The molecule has 0 heterocycles. The van der Waals surface area contributed by atoms with E-state index in [4.69, 9.17) is 10.00 Å². The number of nitrogens with zero attached hydrogens (tertiary/aromatic N) is 1. The van der Waals surface area contributed by atoms with Crippen LogP contribution in [-0.2, 0) is 14.3 Å². The van der Waals surface area contributed by atoms with Crippen LogP contribution in [0.4, 0.5) is 5.69 Å². The molecule has 0 aromatic heterocycles. The third-order valence-electron chi connectivity index (χ3n) is 4.46. The van der Waals surface area contributed by atoms with Crippen molar-refractivity contribution in [3.63, 3.8) is 0 Å². The van der Waals surface area contributed by atoms with Crippen molar-refractivity contribution < 1.29 is 14.3 Å². The lowest BCUT2D eigenvalue weighted by atomic mass is 9.86. The van der Waals surface area contributed by atoms with Crippen LogP contribution in [0.2, 0.25) is 0 Å². The van der Waals surface area contributed by atoms with Crippen LogP contribution >= 0.6 is 0 Å². The Labute approximate surface area is 143 Å². The maximum atomic E-state index is 12.1. The number of carbonyl (C=O) groups excluding carboxylic acids is 2. The fourth-order valence-corrected chi connectivity index (χ4v) is 3.03. The third kappa shape index (κ3) is 5.38. The minimum atomic E-state index is -0.879. The van der Waals surface area contributed by atoms with Crippen LogP contribution in [0, 0.1) is 17.2 Å². The zero-order valence-electron chi connectivity index (χ0n) is 14.1. The van der Waals surface area contributed by atoms with Crippen molar-refractivity contribution in [2.45, 2.75) is 58.0 Å². The number of carbonyl (C=O) groups is 2. The van der Waals surface area contributed by atoms with Crippen LogP contribution in [-0.4, -0.2) is 18.0 Å². The molecule has 2 rings (SSSR count). The van der Waals surface area contributed by atoms with Gasteiger partial charge in [-0.3, -0.25) is 9.59 Å². The summed E-state index contributed by atoms with van der Waals surface area (Å²) in [4.78, 5) is 24.0. The third-order valence-corrected chi connectivity index (χ3v) is 4.46. The van der Waals surface area contributed by atoms with Crippen LogP contribution in [0.5, 0.6) is 0 Å². The minimum absolute atomic E-state index is 0.336. The summed E-state index contributed by atoms with van der Waals surface area (Å²) in [6, 6.07) is 8.74. The summed E-state index contributed by atoms with van der Waals surface area (Å²) in [5.41, 5.74) is 0.803. The maximum absolute atomic E-state index is 12.1.